The lowest BCUT2D eigenvalue weighted by molar-refractivity contribution is 0.0488. The number of hydrogen-bond donors (Lipinski definition) is 1. The molecule has 19 heavy (non-hydrogen) atoms. The van der Waals surface area contributed by atoms with Gasteiger partial charge in [0.2, 0.25) is 0 Å². The molecule has 4 nitrogen and oxygen atoms in total. The standard InChI is InChI=1S/C14H20N2O2S/c1-10-3-4-11(9-17)8-16(10)14(18)12-5-6-15-13(7-12)19-2/h5-7,10-11,17H,3-4,8-9H2,1-2H3. The van der Waals surface area contributed by atoms with Crippen LogP contribution >= 0.6 is 11.8 Å². The average molecular weight is 280 g/mol. The Morgan fingerprint density at radius 3 is 3.05 bits per heavy atom. The first-order valence-corrected chi connectivity index (χ1v) is 7.80. The van der Waals surface area contributed by atoms with E-state index in [-0.39, 0.29) is 24.5 Å². The van der Waals surface area contributed by atoms with Crippen molar-refractivity contribution in [3.05, 3.63) is 23.9 Å². The minimum absolute atomic E-state index is 0.0448. The smallest absolute Gasteiger partial charge is 0.254 e. The van der Waals surface area contributed by atoms with Crippen molar-refractivity contribution in [1.82, 2.24) is 9.88 Å². The number of carbonyl (C=O) groups excluding carboxylic acids is 1. The maximum Gasteiger partial charge on any atom is 0.254 e. The molecule has 104 valence electrons. The second kappa shape index (κ2) is 6.39. The molecule has 0 spiro atoms. The maximum atomic E-state index is 12.5. The van der Waals surface area contributed by atoms with Crippen LogP contribution in [-0.2, 0) is 0 Å². The molecule has 1 fully saturated rings. The molecular formula is C14H20N2O2S. The summed E-state index contributed by atoms with van der Waals surface area (Å²) < 4.78 is 0. The highest BCUT2D eigenvalue weighted by Crippen LogP contribution is 2.24. The highest BCUT2D eigenvalue weighted by molar-refractivity contribution is 7.98. The number of hydrogen-bond acceptors (Lipinski definition) is 4. The van der Waals surface area contributed by atoms with Crippen LogP contribution in [0.25, 0.3) is 0 Å². The Balaban J connectivity index is 2.16. The first-order valence-electron chi connectivity index (χ1n) is 6.57. The molecule has 2 unspecified atom stereocenters. The Morgan fingerprint density at radius 2 is 2.37 bits per heavy atom. The number of aliphatic hydroxyl groups is 1. The normalized spacial score (nSPS) is 23.4. The molecule has 2 heterocycles. The maximum absolute atomic E-state index is 12.5. The number of aliphatic hydroxyl groups excluding tert-OH is 1. The monoisotopic (exact) mass is 280 g/mol. The molecule has 0 aliphatic carbocycles. The molecular weight excluding hydrogens is 260 g/mol. The van der Waals surface area contributed by atoms with E-state index < -0.39 is 0 Å². The van der Waals surface area contributed by atoms with Crippen LogP contribution in [0.4, 0.5) is 0 Å². The molecule has 0 radical (unpaired) electrons. The van der Waals surface area contributed by atoms with Gasteiger partial charge in [0.05, 0.1) is 5.03 Å². The van der Waals surface area contributed by atoms with Gasteiger partial charge in [-0.3, -0.25) is 4.79 Å². The summed E-state index contributed by atoms with van der Waals surface area (Å²) >= 11 is 1.53. The van der Waals surface area contributed by atoms with Crippen molar-refractivity contribution in [2.24, 2.45) is 5.92 Å². The molecule has 1 aliphatic rings. The number of aromatic nitrogens is 1. The summed E-state index contributed by atoms with van der Waals surface area (Å²) in [5.74, 6) is 0.255. The number of carbonyl (C=O) groups is 1. The minimum atomic E-state index is 0.0448. The fourth-order valence-electron chi connectivity index (χ4n) is 2.43. The summed E-state index contributed by atoms with van der Waals surface area (Å²) in [5, 5.41) is 10.1. The van der Waals surface area contributed by atoms with Crippen LogP contribution in [-0.4, -0.2) is 46.3 Å². The molecule has 1 amide bonds. The number of likely N-dealkylation sites (tertiary alicyclic amines) is 1. The molecule has 5 heteroatoms. The number of thioether (sulfide) groups is 1. The highest BCUT2D eigenvalue weighted by Gasteiger charge is 2.29. The molecule has 1 saturated heterocycles. The van der Waals surface area contributed by atoms with E-state index in [1.165, 1.54) is 11.8 Å². The van der Waals surface area contributed by atoms with Crippen LogP contribution in [0.3, 0.4) is 0 Å². The van der Waals surface area contributed by atoms with Gasteiger partial charge < -0.3 is 10.0 Å². The Kier molecular flexibility index (Phi) is 4.82. The lowest BCUT2D eigenvalue weighted by Gasteiger charge is -2.37. The molecule has 2 rings (SSSR count). The van der Waals surface area contributed by atoms with Crippen molar-refractivity contribution in [3.8, 4) is 0 Å². The molecule has 0 aromatic carbocycles. The lowest BCUT2D eigenvalue weighted by Crippen LogP contribution is -2.46. The van der Waals surface area contributed by atoms with Crippen LogP contribution in [0.2, 0.25) is 0 Å². The van der Waals surface area contributed by atoms with Crippen molar-refractivity contribution in [1.29, 1.82) is 0 Å². The molecule has 1 N–H and O–H groups in total. The van der Waals surface area contributed by atoms with E-state index >= 15 is 0 Å². The molecule has 1 aromatic heterocycles. The largest absolute Gasteiger partial charge is 0.396 e. The zero-order chi connectivity index (χ0) is 13.8. The van der Waals surface area contributed by atoms with Gasteiger partial charge in [-0.15, -0.1) is 11.8 Å². The van der Waals surface area contributed by atoms with Crippen molar-refractivity contribution in [2.45, 2.75) is 30.8 Å². The van der Waals surface area contributed by atoms with Gasteiger partial charge in [0.25, 0.3) is 5.91 Å². The highest BCUT2D eigenvalue weighted by atomic mass is 32.2. The second-order valence-electron chi connectivity index (χ2n) is 5.02. The summed E-state index contributed by atoms with van der Waals surface area (Å²) in [7, 11) is 0. The third-order valence-corrected chi connectivity index (χ3v) is 4.33. The fourth-order valence-corrected chi connectivity index (χ4v) is 2.85. The molecule has 2 atom stereocenters. The average Bonchev–Trinajstić information content (AvgIpc) is 2.47. The van der Waals surface area contributed by atoms with Gasteiger partial charge in [-0.05, 0) is 44.1 Å². The number of nitrogens with zero attached hydrogens (tertiary/aromatic N) is 2. The van der Waals surface area contributed by atoms with Crippen molar-refractivity contribution >= 4 is 17.7 Å². The summed E-state index contributed by atoms with van der Waals surface area (Å²) in [6.07, 6.45) is 5.57. The number of pyridine rings is 1. The molecule has 0 bridgehead atoms. The third-order valence-electron chi connectivity index (χ3n) is 3.69. The number of piperidine rings is 1. The van der Waals surface area contributed by atoms with Crippen LogP contribution in [0.5, 0.6) is 0 Å². The first kappa shape index (κ1) is 14.3. The van der Waals surface area contributed by atoms with Gasteiger partial charge in [0.15, 0.2) is 0 Å². The summed E-state index contributed by atoms with van der Waals surface area (Å²) in [4.78, 5) is 18.6. The van der Waals surface area contributed by atoms with E-state index in [0.717, 1.165) is 17.9 Å². The van der Waals surface area contributed by atoms with Gasteiger partial charge in [-0.2, -0.15) is 0 Å². The van der Waals surface area contributed by atoms with Gasteiger partial charge in [0.1, 0.15) is 0 Å². The van der Waals surface area contributed by atoms with E-state index in [2.05, 4.69) is 11.9 Å². The summed E-state index contributed by atoms with van der Waals surface area (Å²) in [6.45, 7) is 2.87. The topological polar surface area (TPSA) is 53.4 Å². The van der Waals surface area contributed by atoms with E-state index in [1.807, 2.05) is 17.2 Å². The quantitative estimate of drug-likeness (QED) is 0.861. The second-order valence-corrected chi connectivity index (χ2v) is 5.85. The van der Waals surface area contributed by atoms with Gasteiger partial charge >= 0.3 is 0 Å². The van der Waals surface area contributed by atoms with E-state index in [4.69, 9.17) is 0 Å². The van der Waals surface area contributed by atoms with Gasteiger partial charge in [-0.1, -0.05) is 0 Å². The van der Waals surface area contributed by atoms with Gasteiger partial charge in [-0.25, -0.2) is 4.98 Å². The molecule has 1 aliphatic heterocycles. The number of amides is 1. The zero-order valence-corrected chi connectivity index (χ0v) is 12.2. The van der Waals surface area contributed by atoms with Crippen LogP contribution in [0.15, 0.2) is 23.4 Å². The Morgan fingerprint density at radius 1 is 1.58 bits per heavy atom. The molecule has 0 saturated carbocycles. The predicted octanol–water partition coefficient (Wildman–Crippen LogP) is 2.04. The van der Waals surface area contributed by atoms with E-state index in [1.54, 1.807) is 12.3 Å². The number of rotatable bonds is 3. The van der Waals surface area contributed by atoms with E-state index in [0.29, 0.717) is 12.1 Å². The van der Waals surface area contributed by atoms with E-state index in [9.17, 15) is 9.90 Å². The fraction of sp³-hybridized carbons (Fsp3) is 0.571. The van der Waals surface area contributed by atoms with Crippen LogP contribution in [0, 0.1) is 5.92 Å². The SMILES string of the molecule is CSc1cc(C(=O)N2CC(CO)CCC2C)ccn1. The van der Waals surface area contributed by atoms with Crippen LogP contribution in [0.1, 0.15) is 30.1 Å². The van der Waals surface area contributed by atoms with Crippen LogP contribution < -0.4 is 0 Å². The van der Waals surface area contributed by atoms with Crippen molar-refractivity contribution < 1.29 is 9.90 Å². The van der Waals surface area contributed by atoms with Gasteiger partial charge in [0, 0.05) is 31.0 Å². The van der Waals surface area contributed by atoms with Crippen molar-refractivity contribution in [3.63, 3.8) is 0 Å². The summed E-state index contributed by atoms with van der Waals surface area (Å²) in [6, 6.07) is 3.83. The third kappa shape index (κ3) is 3.28. The zero-order valence-electron chi connectivity index (χ0n) is 11.4. The predicted molar refractivity (Wildman–Crippen MR) is 76.3 cm³/mol. The minimum Gasteiger partial charge on any atom is -0.396 e. The first-order chi connectivity index (χ1) is 9.15. The Hall–Kier alpha value is -1.07. The van der Waals surface area contributed by atoms with Crippen molar-refractivity contribution in [2.75, 3.05) is 19.4 Å². The lowest BCUT2D eigenvalue weighted by atomic mass is 9.93. The molecule has 1 aromatic rings. The Bertz CT molecular complexity index is 453. The Labute approximate surface area is 118 Å². The summed E-state index contributed by atoms with van der Waals surface area (Å²) in [5.41, 5.74) is 0.685.